The molecule has 0 atom stereocenters. The summed E-state index contributed by atoms with van der Waals surface area (Å²) in [4.78, 5) is 19.2. The molecule has 1 aliphatic carbocycles. The number of primary amides is 1. The van der Waals surface area contributed by atoms with Gasteiger partial charge in [0.15, 0.2) is 5.69 Å². The first-order valence-electron chi connectivity index (χ1n) is 6.18. The summed E-state index contributed by atoms with van der Waals surface area (Å²) in [6, 6.07) is 3.62. The molecule has 0 radical (unpaired) electrons. The van der Waals surface area contributed by atoms with Crippen LogP contribution in [0, 0.1) is 5.92 Å². The predicted octanol–water partition coefficient (Wildman–Crippen LogP) is 1.66. The summed E-state index contributed by atoms with van der Waals surface area (Å²) in [5.74, 6) is 1.32. The smallest absolute Gasteiger partial charge is 0.270 e. The van der Waals surface area contributed by atoms with Crippen LogP contribution in [0.5, 0.6) is 0 Å². The van der Waals surface area contributed by atoms with Crippen molar-refractivity contribution in [3.63, 3.8) is 0 Å². The maximum atomic E-state index is 11.0. The van der Waals surface area contributed by atoms with E-state index in [-0.39, 0.29) is 5.69 Å². The van der Waals surface area contributed by atoms with E-state index in [0.29, 0.717) is 5.89 Å². The standard InChI is InChI=1S/C13H14N4O2/c14-12(18)10-7-19-13(17-10)9-3-4-15-11(5-9)16-6-8-1-2-8/h3-5,7-8H,1-2,6H2,(H2,14,18)(H,15,16). The molecule has 0 aromatic carbocycles. The minimum Gasteiger partial charge on any atom is -0.444 e. The number of nitrogens with zero attached hydrogens (tertiary/aromatic N) is 2. The number of hydrogen-bond donors (Lipinski definition) is 2. The highest BCUT2D eigenvalue weighted by atomic mass is 16.3. The average molecular weight is 258 g/mol. The highest BCUT2D eigenvalue weighted by Gasteiger charge is 2.20. The van der Waals surface area contributed by atoms with Crippen molar-refractivity contribution in [1.82, 2.24) is 9.97 Å². The molecule has 3 rings (SSSR count). The van der Waals surface area contributed by atoms with E-state index in [0.717, 1.165) is 23.8 Å². The first-order chi connectivity index (χ1) is 9.22. The molecule has 2 heterocycles. The quantitative estimate of drug-likeness (QED) is 0.850. The van der Waals surface area contributed by atoms with Gasteiger partial charge in [-0.1, -0.05) is 0 Å². The van der Waals surface area contributed by atoms with Crippen LogP contribution in [0.25, 0.3) is 11.5 Å². The summed E-state index contributed by atoms with van der Waals surface area (Å²) in [5.41, 5.74) is 6.03. The van der Waals surface area contributed by atoms with Gasteiger partial charge >= 0.3 is 0 Å². The molecule has 0 saturated heterocycles. The Bertz CT molecular complexity index is 604. The third-order valence-electron chi connectivity index (χ3n) is 3.03. The molecule has 1 aliphatic rings. The van der Waals surface area contributed by atoms with Gasteiger partial charge in [0.1, 0.15) is 12.1 Å². The topological polar surface area (TPSA) is 94.0 Å². The van der Waals surface area contributed by atoms with Gasteiger partial charge in [-0.15, -0.1) is 0 Å². The first kappa shape index (κ1) is 11.7. The summed E-state index contributed by atoms with van der Waals surface area (Å²) in [7, 11) is 0. The highest BCUT2D eigenvalue weighted by Crippen LogP contribution is 2.29. The summed E-state index contributed by atoms with van der Waals surface area (Å²) in [6.07, 6.45) is 5.51. The van der Waals surface area contributed by atoms with Crippen LogP contribution in [0.3, 0.4) is 0 Å². The van der Waals surface area contributed by atoms with Gasteiger partial charge in [0.25, 0.3) is 5.91 Å². The van der Waals surface area contributed by atoms with Gasteiger partial charge in [0, 0.05) is 18.3 Å². The zero-order valence-corrected chi connectivity index (χ0v) is 10.3. The van der Waals surface area contributed by atoms with Gasteiger partial charge in [-0.25, -0.2) is 9.97 Å². The Hall–Kier alpha value is -2.37. The Morgan fingerprint density at radius 1 is 1.53 bits per heavy atom. The number of carbonyl (C=O) groups excluding carboxylic acids is 1. The Morgan fingerprint density at radius 3 is 3.05 bits per heavy atom. The van der Waals surface area contributed by atoms with Crippen LogP contribution < -0.4 is 11.1 Å². The SMILES string of the molecule is NC(=O)c1coc(-c2ccnc(NCC3CC3)c2)n1. The summed E-state index contributed by atoms with van der Waals surface area (Å²) in [5, 5.41) is 3.27. The molecule has 6 heteroatoms. The molecule has 1 saturated carbocycles. The Morgan fingerprint density at radius 2 is 2.37 bits per heavy atom. The van der Waals surface area contributed by atoms with Crippen molar-refractivity contribution in [2.24, 2.45) is 11.7 Å². The number of amides is 1. The molecule has 6 nitrogen and oxygen atoms in total. The van der Waals surface area contributed by atoms with Gasteiger partial charge < -0.3 is 15.5 Å². The van der Waals surface area contributed by atoms with Crippen LogP contribution in [0.2, 0.25) is 0 Å². The minimum atomic E-state index is -0.601. The van der Waals surface area contributed by atoms with Gasteiger partial charge in [-0.05, 0) is 30.9 Å². The number of nitrogens with one attached hydrogen (secondary N) is 1. The lowest BCUT2D eigenvalue weighted by Crippen LogP contribution is -2.11. The molecule has 98 valence electrons. The van der Waals surface area contributed by atoms with Crippen LogP contribution in [0.1, 0.15) is 23.3 Å². The molecule has 0 spiro atoms. The lowest BCUT2D eigenvalue weighted by molar-refractivity contribution is 0.0995. The molecule has 1 amide bonds. The van der Waals surface area contributed by atoms with E-state index in [9.17, 15) is 4.79 Å². The average Bonchev–Trinajstić information content (AvgIpc) is 3.10. The zero-order chi connectivity index (χ0) is 13.2. The van der Waals surface area contributed by atoms with Crippen molar-refractivity contribution >= 4 is 11.7 Å². The van der Waals surface area contributed by atoms with Gasteiger partial charge in [-0.2, -0.15) is 0 Å². The summed E-state index contributed by atoms with van der Waals surface area (Å²) in [6.45, 7) is 0.939. The Kier molecular flexibility index (Phi) is 2.91. The van der Waals surface area contributed by atoms with E-state index in [1.54, 1.807) is 12.3 Å². The van der Waals surface area contributed by atoms with Crippen molar-refractivity contribution in [1.29, 1.82) is 0 Å². The van der Waals surface area contributed by atoms with Crippen LogP contribution in [-0.4, -0.2) is 22.4 Å². The van der Waals surface area contributed by atoms with Gasteiger partial charge in [0.2, 0.25) is 5.89 Å². The van der Waals surface area contributed by atoms with E-state index >= 15 is 0 Å². The number of rotatable bonds is 5. The number of pyridine rings is 1. The molecule has 2 aromatic rings. The fourth-order valence-electron chi connectivity index (χ4n) is 1.75. The van der Waals surface area contributed by atoms with Crippen LogP contribution >= 0.6 is 0 Å². The number of anilines is 1. The molecular weight excluding hydrogens is 244 g/mol. The fourth-order valence-corrected chi connectivity index (χ4v) is 1.75. The van der Waals surface area contributed by atoms with Crippen molar-refractivity contribution in [3.8, 4) is 11.5 Å². The third kappa shape index (κ3) is 2.73. The molecule has 0 aliphatic heterocycles. The number of oxazole rings is 1. The largest absolute Gasteiger partial charge is 0.444 e. The van der Waals surface area contributed by atoms with Crippen LogP contribution in [0.4, 0.5) is 5.82 Å². The number of hydrogen-bond acceptors (Lipinski definition) is 5. The second-order valence-electron chi connectivity index (χ2n) is 4.66. The Labute approximate surface area is 110 Å². The summed E-state index contributed by atoms with van der Waals surface area (Å²) < 4.78 is 5.24. The zero-order valence-electron chi connectivity index (χ0n) is 10.3. The van der Waals surface area contributed by atoms with Crippen molar-refractivity contribution < 1.29 is 9.21 Å². The lowest BCUT2D eigenvalue weighted by atomic mass is 10.2. The second kappa shape index (κ2) is 4.72. The van der Waals surface area contributed by atoms with E-state index in [4.69, 9.17) is 10.2 Å². The molecule has 1 fully saturated rings. The normalized spacial score (nSPS) is 14.3. The molecule has 0 unspecified atom stereocenters. The number of aromatic nitrogens is 2. The fraction of sp³-hybridized carbons (Fsp3) is 0.308. The third-order valence-corrected chi connectivity index (χ3v) is 3.03. The van der Waals surface area contributed by atoms with E-state index < -0.39 is 5.91 Å². The molecule has 2 aromatic heterocycles. The number of nitrogens with two attached hydrogens (primary N) is 1. The van der Waals surface area contributed by atoms with E-state index in [1.165, 1.54) is 19.1 Å². The van der Waals surface area contributed by atoms with Gasteiger partial charge in [0.05, 0.1) is 0 Å². The van der Waals surface area contributed by atoms with Crippen LogP contribution in [0.15, 0.2) is 29.0 Å². The molecule has 3 N–H and O–H groups in total. The second-order valence-corrected chi connectivity index (χ2v) is 4.66. The molecular formula is C13H14N4O2. The van der Waals surface area contributed by atoms with Crippen molar-refractivity contribution in [2.75, 3.05) is 11.9 Å². The Balaban J connectivity index is 1.78. The monoisotopic (exact) mass is 258 g/mol. The first-order valence-corrected chi connectivity index (χ1v) is 6.18. The molecule has 0 bridgehead atoms. The van der Waals surface area contributed by atoms with Gasteiger partial charge in [-0.3, -0.25) is 4.79 Å². The lowest BCUT2D eigenvalue weighted by Gasteiger charge is -2.04. The van der Waals surface area contributed by atoms with Crippen molar-refractivity contribution in [3.05, 3.63) is 30.3 Å². The maximum absolute atomic E-state index is 11.0. The van der Waals surface area contributed by atoms with E-state index in [2.05, 4.69) is 15.3 Å². The highest BCUT2D eigenvalue weighted by molar-refractivity contribution is 5.90. The minimum absolute atomic E-state index is 0.124. The van der Waals surface area contributed by atoms with Crippen molar-refractivity contribution in [2.45, 2.75) is 12.8 Å². The van der Waals surface area contributed by atoms with Crippen LogP contribution in [-0.2, 0) is 0 Å². The number of carbonyl (C=O) groups is 1. The predicted molar refractivity (Wildman–Crippen MR) is 69.5 cm³/mol. The maximum Gasteiger partial charge on any atom is 0.270 e. The molecule has 19 heavy (non-hydrogen) atoms. The summed E-state index contributed by atoms with van der Waals surface area (Å²) >= 11 is 0. The van der Waals surface area contributed by atoms with E-state index in [1.807, 2.05) is 6.07 Å².